The molecule has 0 aliphatic heterocycles. The zero-order chi connectivity index (χ0) is 26.2. The number of thiophene rings is 1. The van der Waals surface area contributed by atoms with Gasteiger partial charge in [0.25, 0.3) is 5.91 Å². The maximum atomic E-state index is 13.5. The van der Waals surface area contributed by atoms with Crippen molar-refractivity contribution in [1.29, 1.82) is 0 Å². The van der Waals surface area contributed by atoms with Crippen LogP contribution in [0.2, 0.25) is 5.02 Å². The molecule has 1 N–H and O–H groups in total. The zero-order valence-corrected chi connectivity index (χ0v) is 21.5. The summed E-state index contributed by atoms with van der Waals surface area (Å²) in [6.45, 7) is 0. The van der Waals surface area contributed by atoms with Gasteiger partial charge in [0.05, 0.1) is 11.1 Å². The first-order valence-electron chi connectivity index (χ1n) is 11.9. The van der Waals surface area contributed by atoms with Crippen molar-refractivity contribution in [3.05, 3.63) is 76.5 Å². The smallest absolute Gasteiger partial charge is 0.371 e. The largest absolute Gasteiger partial charge is 0.433 e. The SMILES string of the molecule is CN(c1cc(C(F)(F)F)nc2ccc(Cl)cc12)C1CCC(NC(=O)c2cncc(-c3cccs3)c2)CC1. The number of pyridine rings is 2. The first kappa shape index (κ1) is 25.5. The van der Waals surface area contributed by atoms with Crippen LogP contribution in [0, 0.1) is 0 Å². The van der Waals surface area contributed by atoms with Gasteiger partial charge in [-0.05, 0) is 67.5 Å². The van der Waals surface area contributed by atoms with Crippen LogP contribution in [-0.4, -0.2) is 35.0 Å². The Bertz CT molecular complexity index is 1420. The number of carbonyl (C=O) groups is 1. The van der Waals surface area contributed by atoms with Gasteiger partial charge in [-0.15, -0.1) is 11.3 Å². The summed E-state index contributed by atoms with van der Waals surface area (Å²) in [5, 5.41) is 6.10. The quantitative estimate of drug-likeness (QED) is 0.288. The van der Waals surface area contributed by atoms with Gasteiger partial charge >= 0.3 is 6.18 Å². The van der Waals surface area contributed by atoms with E-state index in [0.29, 0.717) is 34.5 Å². The molecule has 4 aromatic rings. The number of aromatic nitrogens is 2. The highest BCUT2D eigenvalue weighted by Crippen LogP contribution is 2.37. The summed E-state index contributed by atoms with van der Waals surface area (Å²) in [5.74, 6) is -0.174. The zero-order valence-electron chi connectivity index (χ0n) is 19.9. The lowest BCUT2D eigenvalue weighted by Crippen LogP contribution is -2.43. The van der Waals surface area contributed by atoms with Crippen LogP contribution >= 0.6 is 22.9 Å². The van der Waals surface area contributed by atoms with Crippen molar-refractivity contribution in [1.82, 2.24) is 15.3 Å². The molecule has 1 aromatic carbocycles. The number of hydrogen-bond donors (Lipinski definition) is 1. The van der Waals surface area contributed by atoms with Gasteiger partial charge in [-0.25, -0.2) is 4.98 Å². The van der Waals surface area contributed by atoms with E-state index < -0.39 is 11.9 Å². The molecule has 0 atom stereocenters. The fourth-order valence-corrected chi connectivity index (χ4v) is 5.71. The van der Waals surface area contributed by atoms with Crippen LogP contribution in [0.1, 0.15) is 41.7 Å². The van der Waals surface area contributed by atoms with Gasteiger partial charge in [0.1, 0.15) is 5.69 Å². The van der Waals surface area contributed by atoms with Crippen LogP contribution < -0.4 is 10.2 Å². The number of fused-ring (bicyclic) bond motifs is 1. The minimum atomic E-state index is -4.55. The lowest BCUT2D eigenvalue weighted by molar-refractivity contribution is -0.140. The summed E-state index contributed by atoms with van der Waals surface area (Å²) >= 11 is 7.74. The first-order chi connectivity index (χ1) is 17.7. The van der Waals surface area contributed by atoms with E-state index in [4.69, 9.17) is 11.6 Å². The molecule has 192 valence electrons. The number of carbonyl (C=O) groups excluding carboxylic acids is 1. The summed E-state index contributed by atoms with van der Waals surface area (Å²) in [5.41, 5.74) is 1.17. The predicted octanol–water partition coefficient (Wildman–Crippen LogP) is 7.21. The molecule has 1 aliphatic rings. The van der Waals surface area contributed by atoms with E-state index in [0.717, 1.165) is 29.3 Å². The Labute approximate surface area is 221 Å². The van der Waals surface area contributed by atoms with E-state index in [2.05, 4.69) is 15.3 Å². The average molecular weight is 545 g/mol. The molecular weight excluding hydrogens is 521 g/mol. The maximum Gasteiger partial charge on any atom is 0.433 e. The summed E-state index contributed by atoms with van der Waals surface area (Å²) in [6.07, 6.45) is 1.62. The van der Waals surface area contributed by atoms with Crippen molar-refractivity contribution in [3.8, 4) is 10.4 Å². The molecule has 37 heavy (non-hydrogen) atoms. The molecule has 0 spiro atoms. The van der Waals surface area contributed by atoms with Crippen LogP contribution in [-0.2, 0) is 6.18 Å². The van der Waals surface area contributed by atoms with Crippen LogP contribution in [0.15, 0.2) is 60.2 Å². The third-order valence-electron chi connectivity index (χ3n) is 6.81. The molecule has 0 radical (unpaired) electrons. The van der Waals surface area contributed by atoms with Crippen LogP contribution in [0.4, 0.5) is 18.9 Å². The number of anilines is 1. The van der Waals surface area contributed by atoms with E-state index in [1.807, 2.05) is 28.5 Å². The summed E-state index contributed by atoms with van der Waals surface area (Å²) in [4.78, 5) is 23.9. The Morgan fingerprint density at radius 1 is 1.11 bits per heavy atom. The Morgan fingerprint density at radius 2 is 1.89 bits per heavy atom. The number of amides is 1. The van der Waals surface area contributed by atoms with Gasteiger partial charge < -0.3 is 10.2 Å². The molecule has 1 amide bonds. The van der Waals surface area contributed by atoms with Crippen LogP contribution in [0.3, 0.4) is 0 Å². The first-order valence-corrected chi connectivity index (χ1v) is 13.1. The molecule has 1 aliphatic carbocycles. The fraction of sp³-hybridized carbons (Fsp3) is 0.296. The van der Waals surface area contributed by atoms with Crippen LogP contribution in [0.25, 0.3) is 21.3 Å². The molecule has 1 fully saturated rings. The Balaban J connectivity index is 1.28. The van der Waals surface area contributed by atoms with E-state index in [-0.39, 0.29) is 23.5 Å². The summed E-state index contributed by atoms with van der Waals surface area (Å²) in [7, 11) is 1.81. The highest BCUT2D eigenvalue weighted by atomic mass is 35.5. The predicted molar refractivity (Wildman–Crippen MR) is 141 cm³/mol. The van der Waals surface area contributed by atoms with Crippen molar-refractivity contribution in [2.24, 2.45) is 0 Å². The van der Waals surface area contributed by atoms with Gasteiger partial charge in [-0.3, -0.25) is 9.78 Å². The van der Waals surface area contributed by atoms with Gasteiger partial charge in [0.2, 0.25) is 0 Å². The standard InChI is InChI=1S/C27H24ClF3N4OS/c1-35(23-13-25(27(29,30)31)34-22-9-4-18(28)12-21(22)23)20-7-5-19(6-8-20)33-26(36)17-11-16(14-32-15-17)24-3-2-10-37-24/h2-4,9-15,19-20H,5-8H2,1H3,(H,33,36). The van der Waals surface area contributed by atoms with Crippen molar-refractivity contribution in [3.63, 3.8) is 0 Å². The van der Waals surface area contributed by atoms with Crippen molar-refractivity contribution in [2.45, 2.75) is 43.9 Å². The van der Waals surface area contributed by atoms with Crippen LogP contribution in [0.5, 0.6) is 0 Å². The molecule has 10 heteroatoms. The van der Waals surface area contributed by atoms with Gasteiger partial charge in [0.15, 0.2) is 0 Å². The Kier molecular flexibility index (Phi) is 7.09. The molecule has 0 bridgehead atoms. The number of hydrogen-bond acceptors (Lipinski definition) is 5. The monoisotopic (exact) mass is 544 g/mol. The number of nitrogens with zero attached hydrogens (tertiary/aromatic N) is 3. The average Bonchev–Trinajstić information content (AvgIpc) is 3.43. The second-order valence-corrected chi connectivity index (χ2v) is 10.6. The van der Waals surface area contributed by atoms with Crippen molar-refractivity contribution in [2.75, 3.05) is 11.9 Å². The lowest BCUT2D eigenvalue weighted by atomic mass is 9.89. The number of alkyl halides is 3. The number of halogens is 4. The second-order valence-electron chi connectivity index (χ2n) is 9.22. The third kappa shape index (κ3) is 5.57. The van der Waals surface area contributed by atoms with Crippen molar-refractivity contribution < 1.29 is 18.0 Å². The Morgan fingerprint density at radius 3 is 2.59 bits per heavy atom. The molecule has 5 nitrogen and oxygen atoms in total. The van der Waals surface area contributed by atoms with E-state index in [9.17, 15) is 18.0 Å². The van der Waals surface area contributed by atoms with Gasteiger partial charge in [-0.2, -0.15) is 13.2 Å². The maximum absolute atomic E-state index is 13.5. The third-order valence-corrected chi connectivity index (χ3v) is 7.96. The number of rotatable bonds is 5. The molecule has 5 rings (SSSR count). The van der Waals surface area contributed by atoms with Gasteiger partial charge in [-0.1, -0.05) is 17.7 Å². The minimum absolute atomic E-state index is 0.0163. The number of nitrogens with one attached hydrogen (secondary N) is 1. The second kappa shape index (κ2) is 10.3. The molecule has 0 saturated heterocycles. The normalized spacial score (nSPS) is 18.1. The topological polar surface area (TPSA) is 58.1 Å². The highest BCUT2D eigenvalue weighted by Gasteiger charge is 2.35. The lowest BCUT2D eigenvalue weighted by Gasteiger charge is -2.37. The molecule has 3 aromatic heterocycles. The molecule has 3 heterocycles. The highest BCUT2D eigenvalue weighted by molar-refractivity contribution is 7.13. The van der Waals surface area contributed by atoms with Gasteiger partial charge in [0, 0.05) is 58.1 Å². The van der Waals surface area contributed by atoms with Crippen molar-refractivity contribution >= 4 is 45.4 Å². The fourth-order valence-electron chi connectivity index (χ4n) is 4.83. The molecular formula is C27H24ClF3N4OS. The summed E-state index contributed by atoms with van der Waals surface area (Å²) in [6, 6.07) is 11.6. The van der Waals surface area contributed by atoms with E-state index >= 15 is 0 Å². The van der Waals surface area contributed by atoms with E-state index in [1.165, 1.54) is 6.07 Å². The molecule has 1 saturated carbocycles. The van der Waals surface area contributed by atoms with E-state index in [1.54, 1.807) is 42.9 Å². The minimum Gasteiger partial charge on any atom is -0.371 e. The number of benzene rings is 1. The molecule has 0 unspecified atom stereocenters. The Hall–Kier alpha value is -3.17. The summed E-state index contributed by atoms with van der Waals surface area (Å²) < 4.78 is 40.6.